The van der Waals surface area contributed by atoms with Crippen LogP contribution in [0.4, 0.5) is 13.2 Å². The number of rotatable bonds is 4. The van der Waals surface area contributed by atoms with Gasteiger partial charge in [-0.2, -0.15) is 11.8 Å². The Labute approximate surface area is 131 Å². The second-order valence-corrected chi connectivity index (χ2v) is 6.23. The van der Waals surface area contributed by atoms with Crippen molar-refractivity contribution < 1.29 is 22.7 Å². The molecule has 1 aliphatic rings. The lowest BCUT2D eigenvalue weighted by atomic mass is 10.1. The predicted octanol–water partition coefficient (Wildman–Crippen LogP) is 3.48. The van der Waals surface area contributed by atoms with E-state index in [0.29, 0.717) is 12.1 Å². The summed E-state index contributed by atoms with van der Waals surface area (Å²) < 4.78 is 41.1. The predicted molar refractivity (Wildman–Crippen MR) is 80.0 cm³/mol. The molecule has 122 valence electrons. The Balaban J connectivity index is 1.94. The summed E-state index contributed by atoms with van der Waals surface area (Å²) in [6.45, 7) is 1.44. The molecule has 0 unspecified atom stereocenters. The summed E-state index contributed by atoms with van der Waals surface area (Å²) in [5, 5.41) is 0. The molecule has 0 spiro atoms. The van der Waals surface area contributed by atoms with Gasteiger partial charge in [-0.15, -0.1) is 13.2 Å². The van der Waals surface area contributed by atoms with Crippen molar-refractivity contribution in [1.29, 1.82) is 0 Å². The lowest BCUT2D eigenvalue weighted by molar-refractivity contribution is -0.274. The highest BCUT2D eigenvalue weighted by molar-refractivity contribution is 7.99. The van der Waals surface area contributed by atoms with E-state index in [1.54, 1.807) is 17.0 Å². The summed E-state index contributed by atoms with van der Waals surface area (Å²) in [6, 6.07) is 5.96. The number of hydrogen-bond acceptors (Lipinski definition) is 3. The van der Waals surface area contributed by atoms with Gasteiger partial charge in [-0.3, -0.25) is 4.79 Å². The largest absolute Gasteiger partial charge is 0.573 e. The molecule has 0 aromatic heterocycles. The van der Waals surface area contributed by atoms with E-state index in [2.05, 4.69) is 4.74 Å². The van der Waals surface area contributed by atoms with Crippen LogP contribution in [-0.2, 0) is 11.2 Å². The first kappa shape index (κ1) is 17.0. The fourth-order valence-electron chi connectivity index (χ4n) is 2.33. The van der Waals surface area contributed by atoms with E-state index in [1.165, 1.54) is 12.1 Å². The minimum absolute atomic E-state index is 0.00990. The van der Waals surface area contributed by atoms with E-state index >= 15 is 0 Å². The number of thioether (sulfide) groups is 1. The molecule has 7 heteroatoms. The van der Waals surface area contributed by atoms with Crippen molar-refractivity contribution in [3.63, 3.8) is 0 Å². The molecule has 2 rings (SSSR count). The molecule has 0 saturated carbocycles. The molecule has 0 N–H and O–H groups in total. The van der Waals surface area contributed by atoms with Crippen molar-refractivity contribution >= 4 is 17.7 Å². The van der Waals surface area contributed by atoms with Crippen LogP contribution in [0.3, 0.4) is 0 Å². The summed E-state index contributed by atoms with van der Waals surface area (Å²) in [5.74, 6) is 1.73. The molecule has 22 heavy (non-hydrogen) atoms. The van der Waals surface area contributed by atoms with E-state index in [-0.39, 0.29) is 24.5 Å². The van der Waals surface area contributed by atoms with Gasteiger partial charge in [0.25, 0.3) is 0 Å². The number of carbonyl (C=O) groups is 1. The monoisotopic (exact) mass is 333 g/mol. The van der Waals surface area contributed by atoms with Crippen molar-refractivity contribution in [1.82, 2.24) is 4.90 Å². The number of amides is 1. The number of halogens is 3. The Bertz CT molecular complexity index is 500. The highest BCUT2D eigenvalue weighted by Crippen LogP contribution is 2.27. The van der Waals surface area contributed by atoms with Gasteiger partial charge in [-0.25, -0.2) is 0 Å². The van der Waals surface area contributed by atoms with E-state index in [9.17, 15) is 18.0 Å². The lowest BCUT2D eigenvalue weighted by Gasteiger charge is -2.20. The Morgan fingerprint density at radius 2 is 2.00 bits per heavy atom. The van der Waals surface area contributed by atoms with Crippen LogP contribution < -0.4 is 4.74 Å². The second kappa shape index (κ2) is 7.76. The summed E-state index contributed by atoms with van der Waals surface area (Å²) >= 11 is 1.82. The lowest BCUT2D eigenvalue weighted by Crippen LogP contribution is -2.33. The smallest absolute Gasteiger partial charge is 0.406 e. The fraction of sp³-hybridized carbons (Fsp3) is 0.533. The quantitative estimate of drug-likeness (QED) is 0.845. The first-order chi connectivity index (χ1) is 10.5. The molecule has 0 radical (unpaired) electrons. The van der Waals surface area contributed by atoms with Gasteiger partial charge in [0.05, 0.1) is 0 Å². The van der Waals surface area contributed by atoms with Gasteiger partial charge in [0, 0.05) is 25.3 Å². The highest BCUT2D eigenvalue weighted by Gasteiger charge is 2.32. The van der Waals surface area contributed by atoms with Crippen LogP contribution in [0.2, 0.25) is 0 Å². The summed E-state index contributed by atoms with van der Waals surface area (Å²) in [4.78, 5) is 14.0. The van der Waals surface area contributed by atoms with Crippen molar-refractivity contribution in [2.45, 2.75) is 25.6 Å². The molecule has 1 fully saturated rings. The van der Waals surface area contributed by atoms with E-state index < -0.39 is 6.36 Å². The highest BCUT2D eigenvalue weighted by atomic mass is 32.2. The van der Waals surface area contributed by atoms with Crippen LogP contribution in [0.5, 0.6) is 5.75 Å². The Morgan fingerprint density at radius 1 is 1.23 bits per heavy atom. The van der Waals surface area contributed by atoms with Crippen molar-refractivity contribution in [2.24, 2.45) is 0 Å². The van der Waals surface area contributed by atoms with Crippen LogP contribution in [0.25, 0.3) is 0 Å². The first-order valence-corrected chi connectivity index (χ1v) is 8.30. The normalized spacial score (nSPS) is 16.2. The molecule has 0 atom stereocenters. The van der Waals surface area contributed by atoms with Gasteiger partial charge in [-0.1, -0.05) is 18.2 Å². The molecule has 1 saturated heterocycles. The number of aryl methyl sites for hydroxylation is 1. The van der Waals surface area contributed by atoms with E-state index in [0.717, 1.165) is 24.5 Å². The number of hydrogen-bond donors (Lipinski definition) is 0. The summed E-state index contributed by atoms with van der Waals surface area (Å²) in [5.41, 5.74) is 0.400. The van der Waals surface area contributed by atoms with Gasteiger partial charge in [0.2, 0.25) is 5.91 Å². The van der Waals surface area contributed by atoms with Gasteiger partial charge < -0.3 is 9.64 Å². The van der Waals surface area contributed by atoms with E-state index in [4.69, 9.17) is 0 Å². The number of para-hydroxylation sites is 1. The summed E-state index contributed by atoms with van der Waals surface area (Å²) in [7, 11) is 0. The Hall–Kier alpha value is -1.37. The zero-order chi connectivity index (χ0) is 16.0. The molecule has 1 aliphatic heterocycles. The zero-order valence-electron chi connectivity index (χ0n) is 12.1. The Morgan fingerprint density at radius 3 is 2.77 bits per heavy atom. The minimum atomic E-state index is -4.72. The van der Waals surface area contributed by atoms with E-state index in [1.807, 2.05) is 11.8 Å². The van der Waals surface area contributed by atoms with Gasteiger partial charge >= 0.3 is 6.36 Å². The number of alkyl halides is 3. The van der Waals surface area contributed by atoms with Crippen LogP contribution in [-0.4, -0.2) is 41.8 Å². The molecular formula is C15H18F3NO2S. The molecule has 0 aliphatic carbocycles. The molecule has 1 aromatic rings. The van der Waals surface area contributed by atoms with Gasteiger partial charge in [0.1, 0.15) is 5.75 Å². The molecule has 1 heterocycles. The molecule has 1 aromatic carbocycles. The zero-order valence-corrected chi connectivity index (χ0v) is 12.9. The molecule has 3 nitrogen and oxygen atoms in total. The van der Waals surface area contributed by atoms with Crippen LogP contribution in [0.1, 0.15) is 18.4 Å². The van der Waals surface area contributed by atoms with Crippen LogP contribution in [0.15, 0.2) is 24.3 Å². The molecule has 1 amide bonds. The third-order valence-electron chi connectivity index (χ3n) is 3.38. The van der Waals surface area contributed by atoms with Crippen molar-refractivity contribution in [3.05, 3.63) is 29.8 Å². The number of ether oxygens (including phenoxy) is 1. The maximum absolute atomic E-state index is 12.4. The van der Waals surface area contributed by atoms with Crippen molar-refractivity contribution in [3.8, 4) is 5.75 Å². The molecule has 0 bridgehead atoms. The van der Waals surface area contributed by atoms with Crippen molar-refractivity contribution in [2.75, 3.05) is 24.6 Å². The molecular weight excluding hydrogens is 315 g/mol. The SMILES string of the molecule is O=C(CCc1ccccc1OC(F)(F)F)N1CCCSCC1. The summed E-state index contributed by atoms with van der Waals surface area (Å²) in [6.07, 6.45) is -3.32. The third-order valence-corrected chi connectivity index (χ3v) is 4.43. The topological polar surface area (TPSA) is 29.5 Å². The average Bonchev–Trinajstić information content (AvgIpc) is 2.73. The van der Waals surface area contributed by atoms with Crippen LogP contribution >= 0.6 is 11.8 Å². The van der Waals surface area contributed by atoms with Crippen LogP contribution in [0, 0.1) is 0 Å². The number of carbonyl (C=O) groups excluding carboxylic acids is 1. The first-order valence-electron chi connectivity index (χ1n) is 7.15. The van der Waals surface area contributed by atoms with Gasteiger partial charge in [-0.05, 0) is 30.2 Å². The average molecular weight is 333 g/mol. The van der Waals surface area contributed by atoms with Gasteiger partial charge in [0.15, 0.2) is 0 Å². The second-order valence-electron chi connectivity index (χ2n) is 5.00. The third kappa shape index (κ3) is 5.44. The minimum Gasteiger partial charge on any atom is -0.406 e. The standard InChI is InChI=1S/C15H18F3NO2S/c16-15(17,18)21-13-5-2-1-4-12(13)6-7-14(20)19-8-3-10-22-11-9-19/h1-2,4-5H,3,6-11H2. The maximum atomic E-state index is 12.4. The fourth-order valence-corrected chi connectivity index (χ4v) is 3.22. The number of benzene rings is 1. The maximum Gasteiger partial charge on any atom is 0.573 e. The Kier molecular flexibility index (Phi) is 5.99. The number of nitrogens with zero attached hydrogens (tertiary/aromatic N) is 1.